The highest BCUT2D eigenvalue weighted by molar-refractivity contribution is 5.66. The Balaban J connectivity index is 1.50. The van der Waals surface area contributed by atoms with Gasteiger partial charge in [0.2, 0.25) is 11.7 Å². The van der Waals surface area contributed by atoms with Crippen LogP contribution in [0, 0.1) is 19.7 Å². The van der Waals surface area contributed by atoms with Crippen LogP contribution in [0.3, 0.4) is 0 Å². The number of hydrogen-bond acceptors (Lipinski definition) is 6. The topological polar surface area (TPSA) is 72.9 Å². The number of rotatable bonds is 4. The maximum atomic E-state index is 14.3. The summed E-state index contributed by atoms with van der Waals surface area (Å²) in [6.07, 6.45) is 4.17. The lowest BCUT2D eigenvalue weighted by Crippen LogP contribution is -2.41. The van der Waals surface area contributed by atoms with Gasteiger partial charge in [-0.1, -0.05) is 23.4 Å². The van der Waals surface area contributed by atoms with E-state index in [0.29, 0.717) is 11.5 Å². The van der Waals surface area contributed by atoms with E-state index in [4.69, 9.17) is 4.52 Å². The predicted octanol–water partition coefficient (Wildman–Crippen LogP) is 4.02. The zero-order valence-corrected chi connectivity index (χ0v) is 16.1. The molecular weight excluding hydrogens is 371 g/mol. The molecule has 1 saturated heterocycles. The number of halogens is 1. The molecule has 0 saturated carbocycles. The number of nitrogens with zero attached hydrogens (tertiary/aromatic N) is 6. The third-order valence-electron chi connectivity index (χ3n) is 5.27. The van der Waals surface area contributed by atoms with E-state index in [9.17, 15) is 4.39 Å². The first-order valence-corrected chi connectivity index (χ1v) is 9.45. The average Bonchev–Trinajstić information content (AvgIpc) is 3.34. The summed E-state index contributed by atoms with van der Waals surface area (Å²) in [5.41, 5.74) is 4.17. The third kappa shape index (κ3) is 2.97. The average molecular weight is 390 g/mol. The van der Waals surface area contributed by atoms with Gasteiger partial charge in [-0.15, -0.1) is 4.80 Å². The molecule has 0 bridgehead atoms. The lowest BCUT2D eigenvalue weighted by atomic mass is 10.00. The monoisotopic (exact) mass is 390 g/mol. The van der Waals surface area contributed by atoms with Crippen LogP contribution >= 0.6 is 0 Å². The Labute approximate surface area is 166 Å². The summed E-state index contributed by atoms with van der Waals surface area (Å²) < 4.78 is 19.8. The van der Waals surface area contributed by atoms with Gasteiger partial charge in [0.15, 0.2) is 0 Å². The summed E-state index contributed by atoms with van der Waals surface area (Å²) in [4.78, 5) is 8.31. The van der Waals surface area contributed by atoms with Gasteiger partial charge in [0.1, 0.15) is 17.5 Å². The van der Waals surface area contributed by atoms with Crippen molar-refractivity contribution in [2.75, 3.05) is 11.4 Å². The van der Waals surface area contributed by atoms with E-state index in [1.807, 2.05) is 32.0 Å². The molecule has 5 rings (SSSR count). The smallest absolute Gasteiger partial charge is 0.249 e. The van der Waals surface area contributed by atoms with Crippen molar-refractivity contribution < 1.29 is 8.91 Å². The summed E-state index contributed by atoms with van der Waals surface area (Å²) in [6.45, 7) is 4.73. The van der Waals surface area contributed by atoms with Crippen LogP contribution in [0.25, 0.3) is 17.1 Å². The maximum absolute atomic E-state index is 14.3. The quantitative estimate of drug-likeness (QED) is 0.524. The molecule has 4 aromatic rings. The van der Waals surface area contributed by atoms with Crippen molar-refractivity contribution in [1.82, 2.24) is 25.1 Å². The fourth-order valence-electron chi connectivity index (χ4n) is 3.69. The molecule has 0 aliphatic carbocycles. The Hall–Kier alpha value is -3.55. The van der Waals surface area contributed by atoms with Gasteiger partial charge in [-0.05, 0) is 49.6 Å². The number of aryl methyl sites for hydroxylation is 2. The molecule has 2 aromatic carbocycles. The second-order valence-electron chi connectivity index (χ2n) is 7.20. The van der Waals surface area contributed by atoms with Gasteiger partial charge in [-0.3, -0.25) is 0 Å². The van der Waals surface area contributed by atoms with E-state index in [0.717, 1.165) is 35.5 Å². The second kappa shape index (κ2) is 6.80. The Kier molecular flexibility index (Phi) is 4.12. The molecule has 2 aromatic heterocycles. The molecule has 3 heterocycles. The van der Waals surface area contributed by atoms with Crippen molar-refractivity contribution in [3.8, 4) is 17.1 Å². The highest BCUT2D eigenvalue weighted by atomic mass is 19.1. The van der Waals surface area contributed by atoms with E-state index < -0.39 is 0 Å². The first-order chi connectivity index (χ1) is 14.1. The van der Waals surface area contributed by atoms with Crippen molar-refractivity contribution in [3.63, 3.8) is 0 Å². The molecule has 0 N–H and O–H groups in total. The van der Waals surface area contributed by atoms with E-state index in [-0.39, 0.29) is 17.7 Å². The molecule has 0 unspecified atom stereocenters. The minimum Gasteiger partial charge on any atom is -0.358 e. The Bertz CT molecular complexity index is 1150. The van der Waals surface area contributed by atoms with Gasteiger partial charge in [-0.2, -0.15) is 15.2 Å². The van der Waals surface area contributed by atoms with Gasteiger partial charge in [-0.25, -0.2) is 4.39 Å². The number of aromatic nitrogens is 5. The zero-order valence-electron chi connectivity index (χ0n) is 16.1. The summed E-state index contributed by atoms with van der Waals surface area (Å²) in [6, 6.07) is 11.0. The minimum absolute atomic E-state index is 0.0700. The fourth-order valence-corrected chi connectivity index (χ4v) is 3.69. The Morgan fingerprint density at radius 2 is 1.90 bits per heavy atom. The summed E-state index contributed by atoms with van der Waals surface area (Å²) in [5, 5.41) is 12.6. The molecule has 1 aliphatic heterocycles. The second-order valence-corrected chi connectivity index (χ2v) is 7.20. The molecule has 1 fully saturated rings. The summed E-state index contributed by atoms with van der Waals surface area (Å²) in [5.74, 6) is 0.406. The van der Waals surface area contributed by atoms with Gasteiger partial charge in [0.05, 0.1) is 23.6 Å². The van der Waals surface area contributed by atoms with E-state index in [1.54, 1.807) is 23.3 Å². The molecule has 0 spiro atoms. The molecule has 7 nitrogen and oxygen atoms in total. The highest BCUT2D eigenvalue weighted by Gasteiger charge is 2.36. The van der Waals surface area contributed by atoms with Crippen LogP contribution in [-0.4, -0.2) is 31.7 Å². The number of hydrogen-bond donors (Lipinski definition) is 0. The molecule has 8 heteroatoms. The zero-order chi connectivity index (χ0) is 20.0. The predicted molar refractivity (Wildman–Crippen MR) is 105 cm³/mol. The van der Waals surface area contributed by atoms with E-state index in [2.05, 4.69) is 31.3 Å². The van der Waals surface area contributed by atoms with Crippen LogP contribution in [0.15, 0.2) is 53.3 Å². The van der Waals surface area contributed by atoms with E-state index >= 15 is 0 Å². The van der Waals surface area contributed by atoms with Crippen LogP contribution in [0.5, 0.6) is 0 Å². The fraction of sp³-hybridized carbons (Fsp3) is 0.238. The lowest BCUT2D eigenvalue weighted by molar-refractivity contribution is 0.309. The normalized spacial score (nSPS) is 16.1. The maximum Gasteiger partial charge on any atom is 0.249 e. The first kappa shape index (κ1) is 17.5. The third-order valence-corrected chi connectivity index (χ3v) is 5.27. The molecule has 146 valence electrons. The standard InChI is InChI=1S/C21H19FN6O/c1-13-6-7-16(28-23-9-10-24-28)18(12-13)27-11-8-17(27)21-25-20(26-29-21)19-14(2)4-3-5-15(19)22/h3-7,9-10,12,17H,8,11H2,1-2H3/t17-/m0/s1. The van der Waals surface area contributed by atoms with Crippen molar-refractivity contribution in [2.24, 2.45) is 0 Å². The number of benzene rings is 2. The van der Waals surface area contributed by atoms with Crippen LogP contribution in [0.1, 0.15) is 29.5 Å². The van der Waals surface area contributed by atoms with Crippen LogP contribution in [0.2, 0.25) is 0 Å². The van der Waals surface area contributed by atoms with Gasteiger partial charge in [0, 0.05) is 6.54 Å². The van der Waals surface area contributed by atoms with Crippen LogP contribution in [0.4, 0.5) is 10.1 Å². The molecule has 1 atom stereocenters. The SMILES string of the molecule is Cc1ccc(-n2nccn2)c(N2CC[C@H]2c2nc(-c3c(C)cccc3F)no2)c1. The first-order valence-electron chi connectivity index (χ1n) is 9.45. The summed E-state index contributed by atoms with van der Waals surface area (Å²) in [7, 11) is 0. The Morgan fingerprint density at radius 3 is 2.62 bits per heavy atom. The van der Waals surface area contributed by atoms with Gasteiger partial charge in [0.25, 0.3) is 0 Å². The number of anilines is 1. The van der Waals surface area contributed by atoms with Gasteiger partial charge < -0.3 is 9.42 Å². The van der Waals surface area contributed by atoms with E-state index in [1.165, 1.54) is 6.07 Å². The molecule has 1 aliphatic rings. The highest BCUT2D eigenvalue weighted by Crippen LogP contribution is 2.40. The summed E-state index contributed by atoms with van der Waals surface area (Å²) >= 11 is 0. The molecule has 29 heavy (non-hydrogen) atoms. The molecule has 0 amide bonds. The van der Waals surface area contributed by atoms with Crippen LogP contribution < -0.4 is 4.90 Å². The van der Waals surface area contributed by atoms with Crippen molar-refractivity contribution >= 4 is 5.69 Å². The van der Waals surface area contributed by atoms with Gasteiger partial charge >= 0.3 is 0 Å². The van der Waals surface area contributed by atoms with Crippen molar-refractivity contribution in [1.29, 1.82) is 0 Å². The minimum atomic E-state index is -0.353. The lowest BCUT2D eigenvalue weighted by Gasteiger charge is -2.41. The van der Waals surface area contributed by atoms with Crippen LogP contribution in [-0.2, 0) is 0 Å². The largest absolute Gasteiger partial charge is 0.358 e. The molecular formula is C21H19FN6O. The van der Waals surface area contributed by atoms with Crippen molar-refractivity contribution in [2.45, 2.75) is 26.3 Å². The van der Waals surface area contributed by atoms with Crippen molar-refractivity contribution in [3.05, 3.63) is 71.6 Å². The Morgan fingerprint density at radius 1 is 1.07 bits per heavy atom. The molecule has 0 radical (unpaired) electrons.